The standard InChI is InChI=1S/C15H17F2NO2S/c1-15(10-19,18-9-13-3-2-8-21-13)11-4-6-12(7-5-11)20-14(16)17/h2-8,14,18-19H,9-10H2,1H3. The molecule has 0 radical (unpaired) electrons. The predicted octanol–water partition coefficient (Wildman–Crippen LogP) is 3.35. The SMILES string of the molecule is CC(CO)(NCc1cccs1)c1ccc(OC(F)F)cc1. The van der Waals surface area contributed by atoms with Crippen molar-refractivity contribution >= 4 is 11.3 Å². The van der Waals surface area contributed by atoms with E-state index in [1.807, 2.05) is 24.4 Å². The predicted molar refractivity (Wildman–Crippen MR) is 78.7 cm³/mol. The van der Waals surface area contributed by atoms with Crippen LogP contribution in [-0.2, 0) is 12.1 Å². The topological polar surface area (TPSA) is 41.5 Å². The lowest BCUT2D eigenvalue weighted by molar-refractivity contribution is -0.0498. The number of aliphatic hydroxyl groups is 1. The molecule has 0 fully saturated rings. The van der Waals surface area contributed by atoms with E-state index in [9.17, 15) is 13.9 Å². The van der Waals surface area contributed by atoms with Crippen molar-refractivity contribution in [1.29, 1.82) is 0 Å². The molecule has 2 rings (SSSR count). The molecule has 0 saturated heterocycles. The third-order valence-electron chi connectivity index (χ3n) is 3.27. The van der Waals surface area contributed by atoms with Crippen LogP contribution >= 0.6 is 11.3 Å². The molecule has 0 aliphatic rings. The van der Waals surface area contributed by atoms with E-state index in [2.05, 4.69) is 10.1 Å². The summed E-state index contributed by atoms with van der Waals surface area (Å²) in [6, 6.07) is 10.3. The Kier molecular flexibility index (Phi) is 5.27. The highest BCUT2D eigenvalue weighted by molar-refractivity contribution is 7.09. The lowest BCUT2D eigenvalue weighted by Crippen LogP contribution is -2.42. The molecule has 3 nitrogen and oxygen atoms in total. The Morgan fingerprint density at radius 2 is 2.00 bits per heavy atom. The second-order valence-electron chi connectivity index (χ2n) is 4.83. The zero-order valence-corrected chi connectivity index (χ0v) is 12.4. The maximum absolute atomic E-state index is 12.1. The van der Waals surface area contributed by atoms with E-state index < -0.39 is 12.2 Å². The molecule has 6 heteroatoms. The van der Waals surface area contributed by atoms with E-state index in [1.54, 1.807) is 23.5 Å². The van der Waals surface area contributed by atoms with E-state index in [4.69, 9.17) is 0 Å². The van der Waals surface area contributed by atoms with Crippen molar-refractivity contribution in [3.05, 3.63) is 52.2 Å². The number of nitrogens with one attached hydrogen (secondary N) is 1. The number of thiophene rings is 1. The number of rotatable bonds is 7. The summed E-state index contributed by atoms with van der Waals surface area (Å²) in [6.07, 6.45) is 0. The molecule has 0 amide bonds. The van der Waals surface area contributed by atoms with Crippen LogP contribution in [-0.4, -0.2) is 18.3 Å². The Morgan fingerprint density at radius 3 is 2.52 bits per heavy atom. The quantitative estimate of drug-likeness (QED) is 0.824. The average Bonchev–Trinajstić information content (AvgIpc) is 2.98. The number of hydrogen-bond donors (Lipinski definition) is 2. The Morgan fingerprint density at radius 1 is 1.29 bits per heavy atom. The number of aliphatic hydroxyl groups excluding tert-OH is 1. The van der Waals surface area contributed by atoms with Crippen molar-refractivity contribution in [1.82, 2.24) is 5.32 Å². The molecule has 0 saturated carbocycles. The van der Waals surface area contributed by atoms with Gasteiger partial charge < -0.3 is 15.2 Å². The molecule has 114 valence electrons. The van der Waals surface area contributed by atoms with Crippen LogP contribution in [0.15, 0.2) is 41.8 Å². The first-order valence-corrected chi connectivity index (χ1v) is 7.35. The summed E-state index contributed by atoms with van der Waals surface area (Å²) >= 11 is 1.63. The van der Waals surface area contributed by atoms with Crippen molar-refractivity contribution < 1.29 is 18.6 Å². The molecular formula is C15H17F2NO2S. The van der Waals surface area contributed by atoms with E-state index in [0.717, 1.165) is 10.4 Å². The highest BCUT2D eigenvalue weighted by atomic mass is 32.1. The Bertz CT molecular complexity index is 545. The summed E-state index contributed by atoms with van der Waals surface area (Å²) in [7, 11) is 0. The van der Waals surface area contributed by atoms with E-state index >= 15 is 0 Å². The number of ether oxygens (including phenoxy) is 1. The second kappa shape index (κ2) is 6.98. The minimum atomic E-state index is -2.84. The Balaban J connectivity index is 2.07. The number of halogens is 2. The smallest absolute Gasteiger partial charge is 0.387 e. The van der Waals surface area contributed by atoms with Crippen LogP contribution in [0, 0.1) is 0 Å². The summed E-state index contributed by atoms with van der Waals surface area (Å²) in [5.74, 6) is 0.104. The van der Waals surface area contributed by atoms with Gasteiger partial charge in [-0.2, -0.15) is 8.78 Å². The molecule has 2 aromatic rings. The molecule has 1 aromatic heterocycles. The molecule has 21 heavy (non-hydrogen) atoms. The Labute approximate surface area is 126 Å². The van der Waals surface area contributed by atoms with Crippen LogP contribution in [0.5, 0.6) is 5.75 Å². The summed E-state index contributed by atoms with van der Waals surface area (Å²) < 4.78 is 28.6. The summed E-state index contributed by atoms with van der Waals surface area (Å²) in [5.41, 5.74) is 0.163. The van der Waals surface area contributed by atoms with Crippen LogP contribution in [0.2, 0.25) is 0 Å². The summed E-state index contributed by atoms with van der Waals surface area (Å²) in [5, 5.41) is 15.0. The van der Waals surface area contributed by atoms with Crippen molar-refractivity contribution in [2.75, 3.05) is 6.61 Å². The fourth-order valence-electron chi connectivity index (χ4n) is 1.95. The molecule has 1 heterocycles. The van der Waals surface area contributed by atoms with Crippen molar-refractivity contribution in [3.8, 4) is 5.75 Å². The van der Waals surface area contributed by atoms with Crippen molar-refractivity contribution in [2.24, 2.45) is 0 Å². The molecule has 0 bridgehead atoms. The summed E-state index contributed by atoms with van der Waals surface area (Å²) in [4.78, 5) is 1.16. The first-order chi connectivity index (χ1) is 10.0. The van der Waals surface area contributed by atoms with Gasteiger partial charge in [-0.15, -0.1) is 11.3 Å². The van der Waals surface area contributed by atoms with Gasteiger partial charge in [0.25, 0.3) is 0 Å². The van der Waals surface area contributed by atoms with Gasteiger partial charge in [0.2, 0.25) is 0 Å². The second-order valence-corrected chi connectivity index (χ2v) is 5.86. The Hall–Kier alpha value is -1.50. The molecule has 1 unspecified atom stereocenters. The van der Waals surface area contributed by atoms with Gasteiger partial charge in [0.1, 0.15) is 5.75 Å². The van der Waals surface area contributed by atoms with Crippen LogP contribution in [0.4, 0.5) is 8.78 Å². The van der Waals surface area contributed by atoms with E-state index in [1.165, 1.54) is 12.1 Å². The van der Waals surface area contributed by atoms with Gasteiger partial charge in [-0.05, 0) is 36.1 Å². The van der Waals surface area contributed by atoms with Gasteiger partial charge in [0, 0.05) is 11.4 Å². The van der Waals surface area contributed by atoms with Gasteiger partial charge in [-0.25, -0.2) is 0 Å². The third-order valence-corrected chi connectivity index (χ3v) is 4.14. The fourth-order valence-corrected chi connectivity index (χ4v) is 2.59. The van der Waals surface area contributed by atoms with E-state index in [-0.39, 0.29) is 12.4 Å². The van der Waals surface area contributed by atoms with Gasteiger partial charge >= 0.3 is 6.61 Å². The van der Waals surface area contributed by atoms with Gasteiger partial charge in [-0.3, -0.25) is 0 Å². The molecule has 0 aliphatic carbocycles. The van der Waals surface area contributed by atoms with Crippen LogP contribution in [0.25, 0.3) is 0 Å². The average molecular weight is 313 g/mol. The van der Waals surface area contributed by atoms with Crippen LogP contribution < -0.4 is 10.1 Å². The molecule has 1 aromatic carbocycles. The maximum Gasteiger partial charge on any atom is 0.387 e. The molecule has 0 spiro atoms. The largest absolute Gasteiger partial charge is 0.435 e. The van der Waals surface area contributed by atoms with E-state index in [0.29, 0.717) is 6.54 Å². The van der Waals surface area contributed by atoms with Crippen LogP contribution in [0.3, 0.4) is 0 Å². The lowest BCUT2D eigenvalue weighted by Gasteiger charge is -2.29. The van der Waals surface area contributed by atoms with Crippen molar-refractivity contribution in [3.63, 3.8) is 0 Å². The number of benzene rings is 1. The molecule has 1 atom stereocenters. The lowest BCUT2D eigenvalue weighted by atomic mass is 9.92. The highest BCUT2D eigenvalue weighted by Gasteiger charge is 2.25. The first kappa shape index (κ1) is 15.9. The molecule has 2 N–H and O–H groups in total. The minimum absolute atomic E-state index is 0.104. The van der Waals surface area contributed by atoms with Crippen molar-refractivity contribution in [2.45, 2.75) is 25.6 Å². The molecule has 0 aliphatic heterocycles. The van der Waals surface area contributed by atoms with Gasteiger partial charge in [0.05, 0.1) is 12.1 Å². The third kappa shape index (κ3) is 4.23. The van der Waals surface area contributed by atoms with Crippen LogP contribution in [0.1, 0.15) is 17.4 Å². The van der Waals surface area contributed by atoms with Gasteiger partial charge in [0.15, 0.2) is 0 Å². The minimum Gasteiger partial charge on any atom is -0.435 e. The number of hydrogen-bond acceptors (Lipinski definition) is 4. The number of alkyl halides is 2. The zero-order chi connectivity index (χ0) is 15.3. The molecular weight excluding hydrogens is 296 g/mol. The monoisotopic (exact) mass is 313 g/mol. The fraction of sp³-hybridized carbons (Fsp3) is 0.333. The highest BCUT2D eigenvalue weighted by Crippen LogP contribution is 2.24. The summed E-state index contributed by atoms with van der Waals surface area (Å²) in [6.45, 7) is -0.446. The maximum atomic E-state index is 12.1. The van der Waals surface area contributed by atoms with Gasteiger partial charge in [-0.1, -0.05) is 18.2 Å². The zero-order valence-electron chi connectivity index (χ0n) is 11.6. The normalized spacial score (nSPS) is 14.1. The first-order valence-electron chi connectivity index (χ1n) is 6.47.